The van der Waals surface area contributed by atoms with E-state index in [9.17, 15) is 19.2 Å². The molecule has 0 aromatic carbocycles. The van der Waals surface area contributed by atoms with Gasteiger partial charge < -0.3 is 35.4 Å². The number of nitrogens with one attached hydrogen (secondary N) is 3. The van der Waals surface area contributed by atoms with E-state index in [0.29, 0.717) is 63.1 Å². The first-order valence-corrected chi connectivity index (χ1v) is 19.8. The van der Waals surface area contributed by atoms with E-state index in [4.69, 9.17) is 14.6 Å². The van der Waals surface area contributed by atoms with E-state index >= 15 is 0 Å². The Labute approximate surface area is 351 Å². The van der Waals surface area contributed by atoms with Crippen LogP contribution in [0.15, 0.2) is 59.6 Å². The van der Waals surface area contributed by atoms with Crippen LogP contribution < -0.4 is 16.0 Å². The van der Waals surface area contributed by atoms with Crippen molar-refractivity contribution < 1.29 is 33.8 Å². The Morgan fingerprint density at radius 3 is 1.70 bits per heavy atom. The van der Waals surface area contributed by atoms with E-state index in [2.05, 4.69) is 62.7 Å². The maximum absolute atomic E-state index is 12.3. The molecule has 4 aromatic heterocycles. The van der Waals surface area contributed by atoms with Crippen LogP contribution in [0.25, 0.3) is 12.2 Å². The van der Waals surface area contributed by atoms with Crippen molar-refractivity contribution in [3.05, 3.63) is 103 Å². The molecule has 0 atom stereocenters. The van der Waals surface area contributed by atoms with E-state index in [1.807, 2.05) is 12.1 Å². The molecule has 57 heavy (non-hydrogen) atoms. The summed E-state index contributed by atoms with van der Waals surface area (Å²) in [4.78, 5) is 57.7. The third-order valence-electron chi connectivity index (χ3n) is 8.97. The van der Waals surface area contributed by atoms with Crippen LogP contribution >= 0.6 is 47.5 Å². The second kappa shape index (κ2) is 21.9. The van der Waals surface area contributed by atoms with Crippen LogP contribution in [0.5, 0.6) is 0 Å². The van der Waals surface area contributed by atoms with Gasteiger partial charge in [0, 0.05) is 73.3 Å². The second-order valence-electron chi connectivity index (χ2n) is 13.6. The molecule has 4 aliphatic rings. The Morgan fingerprint density at radius 2 is 1.26 bits per heavy atom. The fraction of sp³-hybridized carbons (Fsp3) is 0.350. The van der Waals surface area contributed by atoms with Crippen LogP contribution in [0.1, 0.15) is 56.0 Å². The van der Waals surface area contributed by atoms with Crippen LogP contribution in [0, 0.1) is 13.8 Å². The Kier molecular flexibility index (Phi) is 17.4. The number of fused-ring (bicyclic) bond motifs is 2. The van der Waals surface area contributed by atoms with Gasteiger partial charge in [-0.15, -0.1) is 47.5 Å². The normalized spacial score (nSPS) is 15.9. The molecule has 4 aromatic rings. The summed E-state index contributed by atoms with van der Waals surface area (Å²) in [6.45, 7) is 8.87. The molecule has 0 aliphatic carbocycles. The first kappa shape index (κ1) is 45.2. The van der Waals surface area contributed by atoms with Crippen molar-refractivity contribution in [2.75, 3.05) is 36.8 Å². The summed E-state index contributed by atoms with van der Waals surface area (Å²) in [6, 6.07) is 8.13. The maximum Gasteiger partial charge on any atom is 0.328 e. The zero-order valence-electron chi connectivity index (χ0n) is 31.5. The zero-order chi connectivity index (χ0) is 38.7. The Bertz CT molecular complexity index is 2080. The fourth-order valence-corrected chi connectivity index (χ4v) is 7.40. The number of anilines is 2. The largest absolute Gasteiger partial charge is 0.478 e. The van der Waals surface area contributed by atoms with Gasteiger partial charge >= 0.3 is 5.97 Å². The van der Waals surface area contributed by atoms with Gasteiger partial charge in [-0.1, -0.05) is 0 Å². The summed E-state index contributed by atoms with van der Waals surface area (Å²) < 4.78 is 11.5. The smallest absolute Gasteiger partial charge is 0.328 e. The van der Waals surface area contributed by atoms with Gasteiger partial charge in [0.25, 0.3) is 0 Å². The first-order chi connectivity index (χ1) is 26.6. The summed E-state index contributed by atoms with van der Waals surface area (Å²) in [5.41, 5.74) is 6.12. The van der Waals surface area contributed by atoms with Crippen LogP contribution in [-0.2, 0) is 54.7 Å². The highest BCUT2D eigenvalue weighted by Crippen LogP contribution is 2.23. The van der Waals surface area contributed by atoms with Gasteiger partial charge in [-0.05, 0) is 107 Å². The molecule has 0 radical (unpaired) electrons. The lowest BCUT2D eigenvalue weighted by Gasteiger charge is -2.38. The monoisotopic (exact) mass is 856 g/mol. The van der Waals surface area contributed by atoms with Crippen molar-refractivity contribution in [2.45, 2.75) is 65.0 Å². The molecule has 0 bridgehead atoms. The van der Waals surface area contributed by atoms with Crippen LogP contribution in [-0.4, -0.2) is 82.1 Å². The Morgan fingerprint density at radius 1 is 0.772 bits per heavy atom. The molecule has 2 fully saturated rings. The molecule has 2 saturated heterocycles. The molecule has 13 nitrogen and oxygen atoms in total. The number of thiophene rings is 2. The Balaban J connectivity index is 0.000000204. The van der Waals surface area contributed by atoms with E-state index in [1.54, 1.807) is 45.9 Å². The molecule has 0 unspecified atom stereocenters. The number of halogens is 2. The number of rotatable bonds is 10. The van der Waals surface area contributed by atoms with Gasteiger partial charge in [0.05, 0.1) is 25.4 Å². The van der Waals surface area contributed by atoms with E-state index in [0.717, 1.165) is 48.0 Å². The van der Waals surface area contributed by atoms with E-state index in [1.165, 1.54) is 33.2 Å². The van der Waals surface area contributed by atoms with E-state index < -0.39 is 5.97 Å². The highest BCUT2D eigenvalue weighted by Gasteiger charge is 2.30. The molecule has 8 rings (SSSR count). The Hall–Kier alpha value is -4.48. The number of aromatic nitrogens is 2. The van der Waals surface area contributed by atoms with Gasteiger partial charge in [-0.3, -0.25) is 14.4 Å². The quantitative estimate of drug-likeness (QED) is 0.134. The average molecular weight is 858 g/mol. The van der Waals surface area contributed by atoms with Gasteiger partial charge in [0.15, 0.2) is 0 Å². The lowest BCUT2D eigenvalue weighted by atomic mass is 10.0. The molecule has 0 spiro atoms. The van der Waals surface area contributed by atoms with Crippen molar-refractivity contribution in [3.8, 4) is 0 Å². The number of hydrogen-bond acceptors (Lipinski definition) is 11. The highest BCUT2D eigenvalue weighted by molar-refractivity contribution is 7.10. The second-order valence-corrected chi connectivity index (χ2v) is 15.6. The summed E-state index contributed by atoms with van der Waals surface area (Å²) in [6.07, 6.45) is 11.9. The SMILES string of the molecule is Cc1csc(COC2CN(C(=O)/C=C/c3cnc4c(c3)CCC(=O)N4)C2)c1.Cc1csc(COC2CNC2)c1.Cl.Cl.O=C(O)/C=C/c1cnc2c(c1)CCC(=O)N2. The molecule has 3 amide bonds. The number of carbonyl (C=O) groups excluding carboxylic acids is 3. The molecule has 304 valence electrons. The first-order valence-electron chi connectivity index (χ1n) is 18.0. The number of amides is 3. The maximum atomic E-state index is 12.3. The topological polar surface area (TPSA) is 172 Å². The number of pyridine rings is 2. The minimum atomic E-state index is -0.994. The predicted molar refractivity (Wildman–Crippen MR) is 227 cm³/mol. The number of aliphatic carboxylic acids is 1. The molecule has 4 aliphatic heterocycles. The number of carbonyl (C=O) groups is 4. The predicted octanol–water partition coefficient (Wildman–Crippen LogP) is 6.23. The summed E-state index contributed by atoms with van der Waals surface area (Å²) >= 11 is 3.48. The fourth-order valence-electron chi connectivity index (χ4n) is 5.81. The molecule has 4 N–H and O–H groups in total. The number of likely N-dealkylation sites (tertiary alicyclic amines) is 1. The number of nitrogens with zero attached hydrogens (tertiary/aromatic N) is 3. The van der Waals surface area contributed by atoms with Crippen molar-refractivity contribution in [1.29, 1.82) is 0 Å². The van der Waals surface area contributed by atoms with Crippen molar-refractivity contribution in [2.24, 2.45) is 0 Å². The molecular weight excluding hydrogens is 812 g/mol. The molecule has 8 heterocycles. The van der Waals surface area contributed by atoms with Crippen LogP contribution in [0.3, 0.4) is 0 Å². The standard InChI is InChI=1S/C20H21N3O3S.C11H10N2O3.C9H13NOS.2ClH/c1-13-6-17(27-12-13)11-26-16-9-23(10-16)19(25)5-2-14-7-15-3-4-18(24)22-20(15)21-8-14;14-9-3-2-8-5-7(1-4-10(15)16)6-12-11(8)13-9;1-7-2-9(12-6-7)5-11-8-3-10-4-8;;/h2,5-8,12,16H,3-4,9-11H2,1H3,(H,21,22,24);1,4-6H,2-3H2,(H,15,16)(H,12,13,14);2,6,8,10H,3-5H2,1H3;2*1H/b5-2+;4-1+;;;. The lowest BCUT2D eigenvalue weighted by Crippen LogP contribution is -2.54. The lowest BCUT2D eigenvalue weighted by molar-refractivity contribution is -0.140. The van der Waals surface area contributed by atoms with Gasteiger partial charge in [-0.25, -0.2) is 14.8 Å². The van der Waals surface area contributed by atoms with Crippen molar-refractivity contribution in [3.63, 3.8) is 0 Å². The summed E-state index contributed by atoms with van der Waals surface area (Å²) in [5, 5.41) is 21.4. The van der Waals surface area contributed by atoms with Crippen molar-refractivity contribution >= 4 is 95.0 Å². The number of aryl methyl sites for hydroxylation is 4. The zero-order valence-corrected chi connectivity index (χ0v) is 34.8. The van der Waals surface area contributed by atoms with Crippen LogP contribution in [0.2, 0.25) is 0 Å². The number of hydrogen-bond donors (Lipinski definition) is 4. The molecular formula is C40H46Cl2N6O7S2. The van der Waals surface area contributed by atoms with Gasteiger partial charge in [-0.2, -0.15) is 0 Å². The minimum Gasteiger partial charge on any atom is -0.478 e. The average Bonchev–Trinajstić information content (AvgIpc) is 3.75. The minimum absolute atomic E-state index is 0. The summed E-state index contributed by atoms with van der Waals surface area (Å²) in [5.74, 6) is 0.145. The van der Waals surface area contributed by atoms with Crippen LogP contribution in [0.4, 0.5) is 11.6 Å². The number of carboxylic acids is 1. The van der Waals surface area contributed by atoms with Gasteiger partial charge in [0.2, 0.25) is 17.7 Å². The van der Waals surface area contributed by atoms with E-state index in [-0.39, 0.29) is 48.6 Å². The molecule has 0 saturated carbocycles. The third-order valence-corrected chi connectivity index (χ3v) is 11.0. The van der Waals surface area contributed by atoms with Gasteiger partial charge in [0.1, 0.15) is 11.6 Å². The number of ether oxygens (including phenoxy) is 2. The third kappa shape index (κ3) is 13.8. The highest BCUT2D eigenvalue weighted by atomic mass is 35.5. The molecule has 17 heteroatoms. The summed E-state index contributed by atoms with van der Waals surface area (Å²) in [7, 11) is 0. The number of carboxylic acid groups (broad SMARTS) is 1. The van der Waals surface area contributed by atoms with Crippen molar-refractivity contribution in [1.82, 2.24) is 20.2 Å².